The number of benzene rings is 1. The summed E-state index contributed by atoms with van der Waals surface area (Å²) in [6.07, 6.45) is 0. The Hall–Kier alpha value is -1.86. The van der Waals surface area contributed by atoms with Gasteiger partial charge in [0.05, 0.1) is 30.8 Å². The molecule has 1 unspecified atom stereocenters. The SMILES string of the molecule is Nc1cccc(N2CCOCC2CO)c1[N+](=O)[O-]. The highest BCUT2D eigenvalue weighted by Crippen LogP contribution is 2.35. The maximum absolute atomic E-state index is 11.1. The number of nitrogens with zero attached hydrogens (tertiary/aromatic N) is 2. The van der Waals surface area contributed by atoms with Crippen LogP contribution in [0.4, 0.5) is 17.1 Å². The van der Waals surface area contributed by atoms with Crippen LogP contribution in [0.3, 0.4) is 0 Å². The molecule has 0 aliphatic carbocycles. The number of hydrogen-bond donors (Lipinski definition) is 2. The van der Waals surface area contributed by atoms with Crippen molar-refractivity contribution >= 4 is 17.1 Å². The second kappa shape index (κ2) is 5.19. The molecule has 1 heterocycles. The number of nitro groups is 1. The second-order valence-electron chi connectivity index (χ2n) is 4.08. The topological polar surface area (TPSA) is 102 Å². The Kier molecular flexibility index (Phi) is 3.63. The van der Waals surface area contributed by atoms with Crippen LogP contribution in [0, 0.1) is 10.1 Å². The van der Waals surface area contributed by atoms with Crippen LogP contribution in [0.25, 0.3) is 0 Å². The monoisotopic (exact) mass is 253 g/mol. The maximum Gasteiger partial charge on any atom is 0.315 e. The molecule has 1 aliphatic rings. The Labute approximate surface area is 104 Å². The van der Waals surface area contributed by atoms with Crippen LogP contribution in [0.5, 0.6) is 0 Å². The first kappa shape index (κ1) is 12.6. The van der Waals surface area contributed by atoms with E-state index < -0.39 is 4.92 Å². The molecule has 0 spiro atoms. The average molecular weight is 253 g/mol. The van der Waals surface area contributed by atoms with E-state index in [-0.39, 0.29) is 24.0 Å². The number of aliphatic hydroxyl groups is 1. The number of morpholine rings is 1. The lowest BCUT2D eigenvalue weighted by atomic mass is 10.1. The van der Waals surface area contributed by atoms with Crippen LogP contribution >= 0.6 is 0 Å². The number of nitrogen functional groups attached to an aromatic ring is 1. The van der Waals surface area contributed by atoms with Crippen molar-refractivity contribution in [2.24, 2.45) is 0 Å². The van der Waals surface area contributed by atoms with Crippen molar-refractivity contribution in [3.8, 4) is 0 Å². The zero-order chi connectivity index (χ0) is 13.1. The molecule has 2 rings (SSSR count). The Balaban J connectivity index is 2.42. The molecule has 0 radical (unpaired) electrons. The third-order valence-corrected chi connectivity index (χ3v) is 2.98. The molecule has 1 aliphatic heterocycles. The molecule has 1 atom stereocenters. The predicted molar refractivity (Wildman–Crippen MR) is 66.5 cm³/mol. The van der Waals surface area contributed by atoms with Gasteiger partial charge in [0.25, 0.3) is 0 Å². The minimum Gasteiger partial charge on any atom is -0.394 e. The molecule has 7 heteroatoms. The lowest BCUT2D eigenvalue weighted by Crippen LogP contribution is -2.47. The highest BCUT2D eigenvalue weighted by molar-refractivity contribution is 5.75. The van der Waals surface area contributed by atoms with Crippen molar-refractivity contribution in [3.63, 3.8) is 0 Å². The normalized spacial score (nSPS) is 19.8. The summed E-state index contributed by atoms with van der Waals surface area (Å²) < 4.78 is 5.25. The van der Waals surface area contributed by atoms with E-state index in [4.69, 9.17) is 10.5 Å². The molecule has 1 aromatic carbocycles. The number of nitro benzene ring substituents is 1. The number of rotatable bonds is 3. The van der Waals surface area contributed by atoms with Gasteiger partial charge in [-0.15, -0.1) is 0 Å². The smallest absolute Gasteiger partial charge is 0.315 e. The first-order chi connectivity index (χ1) is 8.65. The molecule has 98 valence electrons. The van der Waals surface area contributed by atoms with Crippen LogP contribution in [0.2, 0.25) is 0 Å². The summed E-state index contributed by atoms with van der Waals surface area (Å²) in [5.41, 5.74) is 6.10. The van der Waals surface area contributed by atoms with Gasteiger partial charge in [0.1, 0.15) is 11.4 Å². The highest BCUT2D eigenvalue weighted by Gasteiger charge is 2.29. The number of ether oxygens (including phenoxy) is 1. The molecule has 0 amide bonds. The van der Waals surface area contributed by atoms with E-state index in [1.165, 1.54) is 6.07 Å². The van der Waals surface area contributed by atoms with E-state index in [1.807, 2.05) is 0 Å². The Morgan fingerprint density at radius 1 is 1.61 bits per heavy atom. The van der Waals surface area contributed by atoms with Crippen LogP contribution in [0.15, 0.2) is 18.2 Å². The van der Waals surface area contributed by atoms with E-state index in [9.17, 15) is 15.2 Å². The Bertz CT molecular complexity index is 452. The van der Waals surface area contributed by atoms with Gasteiger partial charge in [-0.3, -0.25) is 10.1 Å². The first-order valence-electron chi connectivity index (χ1n) is 5.63. The quantitative estimate of drug-likeness (QED) is 0.458. The average Bonchev–Trinajstić information content (AvgIpc) is 2.38. The van der Waals surface area contributed by atoms with Gasteiger partial charge in [-0.05, 0) is 12.1 Å². The number of para-hydroxylation sites is 1. The van der Waals surface area contributed by atoms with Crippen LogP contribution in [0.1, 0.15) is 0 Å². The zero-order valence-corrected chi connectivity index (χ0v) is 9.78. The molecule has 0 bridgehead atoms. The minimum absolute atomic E-state index is 0.113. The Morgan fingerprint density at radius 3 is 3.06 bits per heavy atom. The molecule has 3 N–H and O–H groups in total. The summed E-state index contributed by atoms with van der Waals surface area (Å²) in [6.45, 7) is 1.20. The van der Waals surface area contributed by atoms with Gasteiger partial charge in [-0.25, -0.2) is 0 Å². The van der Waals surface area contributed by atoms with E-state index in [1.54, 1.807) is 17.0 Å². The van der Waals surface area contributed by atoms with E-state index in [0.717, 1.165) is 0 Å². The first-order valence-corrected chi connectivity index (χ1v) is 5.63. The van der Waals surface area contributed by atoms with Gasteiger partial charge in [0, 0.05) is 6.54 Å². The largest absolute Gasteiger partial charge is 0.394 e. The zero-order valence-electron chi connectivity index (χ0n) is 9.78. The summed E-state index contributed by atoms with van der Waals surface area (Å²) in [6, 6.07) is 4.53. The van der Waals surface area contributed by atoms with Gasteiger partial charge < -0.3 is 20.5 Å². The lowest BCUT2D eigenvalue weighted by molar-refractivity contribution is -0.383. The number of anilines is 2. The number of nitrogens with two attached hydrogens (primary N) is 1. The van der Waals surface area contributed by atoms with E-state index in [2.05, 4.69) is 0 Å². The standard InChI is InChI=1S/C11H15N3O4/c12-9-2-1-3-10(11(9)14(16)17)13-4-5-18-7-8(13)6-15/h1-3,8,15H,4-7,12H2. The fraction of sp³-hybridized carbons (Fsp3) is 0.455. The fourth-order valence-electron chi connectivity index (χ4n) is 2.10. The third-order valence-electron chi connectivity index (χ3n) is 2.98. The van der Waals surface area contributed by atoms with Gasteiger partial charge in [0.2, 0.25) is 0 Å². The highest BCUT2D eigenvalue weighted by atomic mass is 16.6. The van der Waals surface area contributed by atoms with Crippen molar-refractivity contribution in [1.82, 2.24) is 0 Å². The molecule has 1 saturated heterocycles. The van der Waals surface area contributed by atoms with Gasteiger partial charge in [0.15, 0.2) is 0 Å². The molecule has 1 fully saturated rings. The van der Waals surface area contributed by atoms with Gasteiger partial charge >= 0.3 is 5.69 Å². The summed E-state index contributed by atoms with van der Waals surface area (Å²) in [5, 5.41) is 20.4. The minimum atomic E-state index is -0.492. The molecular formula is C11H15N3O4. The summed E-state index contributed by atoms with van der Waals surface area (Å²) in [7, 11) is 0. The van der Waals surface area contributed by atoms with Crippen molar-refractivity contribution < 1.29 is 14.8 Å². The summed E-state index contributed by atoms with van der Waals surface area (Å²) in [4.78, 5) is 12.4. The predicted octanol–water partition coefficient (Wildman–Crippen LogP) is 0.375. The fourth-order valence-corrected chi connectivity index (χ4v) is 2.10. The molecular weight excluding hydrogens is 238 g/mol. The molecule has 18 heavy (non-hydrogen) atoms. The van der Waals surface area contributed by atoms with Crippen LogP contribution < -0.4 is 10.6 Å². The third kappa shape index (κ3) is 2.22. The lowest BCUT2D eigenvalue weighted by Gasteiger charge is -2.35. The molecule has 0 aromatic heterocycles. The summed E-state index contributed by atoms with van der Waals surface area (Å²) in [5.74, 6) is 0. The molecule has 0 saturated carbocycles. The van der Waals surface area contributed by atoms with Gasteiger partial charge in [-0.2, -0.15) is 0 Å². The van der Waals surface area contributed by atoms with Crippen molar-refractivity contribution in [2.45, 2.75) is 6.04 Å². The van der Waals surface area contributed by atoms with Crippen LogP contribution in [-0.2, 0) is 4.74 Å². The van der Waals surface area contributed by atoms with Crippen molar-refractivity contribution in [2.75, 3.05) is 37.0 Å². The van der Waals surface area contributed by atoms with Crippen LogP contribution in [-0.4, -0.2) is 42.4 Å². The number of hydrogen-bond acceptors (Lipinski definition) is 6. The van der Waals surface area contributed by atoms with Gasteiger partial charge in [-0.1, -0.05) is 6.07 Å². The molecule has 7 nitrogen and oxygen atoms in total. The van der Waals surface area contributed by atoms with E-state index in [0.29, 0.717) is 25.4 Å². The second-order valence-corrected chi connectivity index (χ2v) is 4.08. The van der Waals surface area contributed by atoms with Crippen molar-refractivity contribution in [1.29, 1.82) is 0 Å². The van der Waals surface area contributed by atoms with Crippen molar-refractivity contribution in [3.05, 3.63) is 28.3 Å². The number of aliphatic hydroxyl groups excluding tert-OH is 1. The summed E-state index contributed by atoms with van der Waals surface area (Å²) >= 11 is 0. The Morgan fingerprint density at radius 2 is 2.39 bits per heavy atom. The maximum atomic E-state index is 11.1. The van der Waals surface area contributed by atoms with E-state index >= 15 is 0 Å². The molecule has 1 aromatic rings.